The van der Waals surface area contributed by atoms with E-state index in [-0.39, 0.29) is 0 Å². The van der Waals surface area contributed by atoms with Gasteiger partial charge in [-0.1, -0.05) is 6.92 Å². The molecule has 0 aromatic carbocycles. The molecule has 0 bridgehead atoms. The summed E-state index contributed by atoms with van der Waals surface area (Å²) in [6.07, 6.45) is 6.55. The molecular formula is C14H22N4. The maximum Gasteiger partial charge on any atom is 0.132 e. The molecule has 18 heavy (non-hydrogen) atoms. The van der Waals surface area contributed by atoms with Crippen LogP contribution in [0.25, 0.3) is 0 Å². The van der Waals surface area contributed by atoms with E-state index in [9.17, 15) is 0 Å². The maximum atomic E-state index is 4.55. The van der Waals surface area contributed by atoms with Crippen molar-refractivity contribution in [3.63, 3.8) is 0 Å². The van der Waals surface area contributed by atoms with Crippen molar-refractivity contribution in [3.8, 4) is 0 Å². The van der Waals surface area contributed by atoms with Crippen LogP contribution in [0, 0.1) is 11.3 Å². The smallest absolute Gasteiger partial charge is 0.132 e. The Kier molecular flexibility index (Phi) is 2.88. The SMILES string of the molecule is CCc1nc(NC)cc(NCC2(C3CC3)CC2)n1. The first kappa shape index (κ1) is 11.8. The van der Waals surface area contributed by atoms with Gasteiger partial charge in [-0.3, -0.25) is 0 Å². The zero-order valence-corrected chi connectivity index (χ0v) is 11.3. The zero-order valence-electron chi connectivity index (χ0n) is 11.3. The van der Waals surface area contributed by atoms with Gasteiger partial charge in [0.05, 0.1) is 0 Å². The molecule has 0 radical (unpaired) electrons. The van der Waals surface area contributed by atoms with E-state index >= 15 is 0 Å². The minimum atomic E-state index is 0.608. The number of anilines is 2. The van der Waals surface area contributed by atoms with Gasteiger partial charge in [-0.25, -0.2) is 9.97 Å². The number of aromatic nitrogens is 2. The first-order valence-corrected chi connectivity index (χ1v) is 7.05. The van der Waals surface area contributed by atoms with Gasteiger partial charge in [-0.15, -0.1) is 0 Å². The lowest BCUT2D eigenvalue weighted by Crippen LogP contribution is -2.18. The molecule has 0 spiro atoms. The van der Waals surface area contributed by atoms with Gasteiger partial charge in [0.2, 0.25) is 0 Å². The highest BCUT2D eigenvalue weighted by molar-refractivity contribution is 5.47. The van der Waals surface area contributed by atoms with Gasteiger partial charge in [0.1, 0.15) is 17.5 Å². The second-order valence-corrected chi connectivity index (χ2v) is 5.65. The topological polar surface area (TPSA) is 49.8 Å². The molecular weight excluding hydrogens is 224 g/mol. The van der Waals surface area contributed by atoms with Crippen LogP contribution in [0.5, 0.6) is 0 Å². The second-order valence-electron chi connectivity index (χ2n) is 5.65. The second kappa shape index (κ2) is 4.41. The van der Waals surface area contributed by atoms with E-state index in [1.807, 2.05) is 13.1 Å². The minimum Gasteiger partial charge on any atom is -0.373 e. The molecule has 0 aliphatic heterocycles. The first-order chi connectivity index (χ1) is 8.75. The summed E-state index contributed by atoms with van der Waals surface area (Å²) in [5.41, 5.74) is 0.608. The van der Waals surface area contributed by atoms with Crippen LogP contribution in [0.2, 0.25) is 0 Å². The number of nitrogens with one attached hydrogen (secondary N) is 2. The van der Waals surface area contributed by atoms with Crippen molar-refractivity contribution < 1.29 is 0 Å². The molecule has 2 aliphatic rings. The summed E-state index contributed by atoms with van der Waals surface area (Å²) in [5.74, 6) is 3.76. The summed E-state index contributed by atoms with van der Waals surface area (Å²) in [6.45, 7) is 3.17. The third-order valence-electron chi connectivity index (χ3n) is 4.30. The third kappa shape index (κ3) is 2.28. The van der Waals surface area contributed by atoms with Gasteiger partial charge in [0.25, 0.3) is 0 Å². The van der Waals surface area contributed by atoms with E-state index in [0.29, 0.717) is 5.41 Å². The monoisotopic (exact) mass is 246 g/mol. The van der Waals surface area contributed by atoms with Crippen LogP contribution in [-0.4, -0.2) is 23.6 Å². The van der Waals surface area contributed by atoms with E-state index in [0.717, 1.165) is 36.3 Å². The number of hydrogen-bond acceptors (Lipinski definition) is 4. The average Bonchev–Trinajstić information content (AvgIpc) is 3.28. The van der Waals surface area contributed by atoms with Crippen LogP contribution in [0.3, 0.4) is 0 Å². The molecule has 4 nitrogen and oxygen atoms in total. The van der Waals surface area contributed by atoms with Crippen LogP contribution in [0.15, 0.2) is 6.07 Å². The lowest BCUT2D eigenvalue weighted by Gasteiger charge is -2.16. The Morgan fingerprint density at radius 1 is 1.28 bits per heavy atom. The Bertz CT molecular complexity index is 413. The minimum absolute atomic E-state index is 0.608. The summed E-state index contributed by atoms with van der Waals surface area (Å²) < 4.78 is 0. The molecule has 2 fully saturated rings. The molecule has 0 saturated heterocycles. The Morgan fingerprint density at radius 3 is 2.56 bits per heavy atom. The molecule has 0 amide bonds. The molecule has 1 heterocycles. The number of aryl methyl sites for hydroxylation is 1. The van der Waals surface area contributed by atoms with E-state index in [4.69, 9.17) is 0 Å². The predicted octanol–water partition coefficient (Wildman–Crippen LogP) is 2.68. The van der Waals surface area contributed by atoms with Crippen LogP contribution in [0.4, 0.5) is 11.6 Å². The lowest BCUT2D eigenvalue weighted by molar-refractivity contribution is 0.466. The Hall–Kier alpha value is -1.32. The van der Waals surface area contributed by atoms with Crippen molar-refractivity contribution in [3.05, 3.63) is 11.9 Å². The fourth-order valence-corrected chi connectivity index (χ4v) is 2.73. The molecule has 0 unspecified atom stereocenters. The van der Waals surface area contributed by atoms with E-state index in [1.54, 1.807) is 0 Å². The summed E-state index contributed by atoms with van der Waals surface area (Å²) in [5, 5.41) is 6.63. The molecule has 4 heteroatoms. The van der Waals surface area contributed by atoms with E-state index < -0.39 is 0 Å². The molecule has 1 aromatic rings. The van der Waals surface area contributed by atoms with Crippen LogP contribution in [0.1, 0.15) is 38.4 Å². The Morgan fingerprint density at radius 2 is 2.00 bits per heavy atom. The van der Waals surface area contributed by atoms with Crippen molar-refractivity contribution in [2.45, 2.75) is 39.0 Å². The fourth-order valence-electron chi connectivity index (χ4n) is 2.73. The number of rotatable bonds is 6. The average molecular weight is 246 g/mol. The zero-order chi connectivity index (χ0) is 12.6. The summed E-state index contributed by atoms with van der Waals surface area (Å²) in [7, 11) is 1.90. The summed E-state index contributed by atoms with van der Waals surface area (Å²) in [6, 6.07) is 2.00. The van der Waals surface area contributed by atoms with Crippen molar-refractivity contribution >= 4 is 11.6 Å². The molecule has 2 aliphatic carbocycles. The van der Waals surface area contributed by atoms with Crippen molar-refractivity contribution in [1.29, 1.82) is 0 Å². The maximum absolute atomic E-state index is 4.55. The molecule has 3 rings (SSSR count). The van der Waals surface area contributed by atoms with Crippen molar-refractivity contribution in [1.82, 2.24) is 9.97 Å². The molecule has 2 N–H and O–H groups in total. The Balaban J connectivity index is 1.68. The van der Waals surface area contributed by atoms with Crippen LogP contribution in [-0.2, 0) is 6.42 Å². The highest BCUT2D eigenvalue weighted by Gasteiger charge is 2.53. The van der Waals surface area contributed by atoms with Crippen LogP contribution >= 0.6 is 0 Å². The molecule has 1 aromatic heterocycles. The quantitative estimate of drug-likeness (QED) is 0.810. The fraction of sp³-hybridized carbons (Fsp3) is 0.714. The molecule has 0 atom stereocenters. The van der Waals surface area contributed by atoms with Gasteiger partial charge in [-0.2, -0.15) is 0 Å². The van der Waals surface area contributed by atoms with Gasteiger partial charge in [0.15, 0.2) is 0 Å². The lowest BCUT2D eigenvalue weighted by atomic mass is 10.0. The van der Waals surface area contributed by atoms with Gasteiger partial charge in [-0.05, 0) is 37.0 Å². The van der Waals surface area contributed by atoms with Crippen molar-refractivity contribution in [2.24, 2.45) is 11.3 Å². The van der Waals surface area contributed by atoms with Gasteiger partial charge < -0.3 is 10.6 Å². The molecule has 2 saturated carbocycles. The summed E-state index contributed by atoms with van der Waals surface area (Å²) >= 11 is 0. The standard InChI is InChI=1S/C14H22N4/c1-3-11-17-12(15-2)8-13(18-11)16-9-14(6-7-14)10-4-5-10/h8,10H,3-7,9H2,1-2H3,(H2,15,16,17,18). The number of hydrogen-bond donors (Lipinski definition) is 2. The normalized spacial score (nSPS) is 20.6. The number of nitrogens with zero attached hydrogens (tertiary/aromatic N) is 2. The van der Waals surface area contributed by atoms with Gasteiger partial charge in [0, 0.05) is 26.1 Å². The summed E-state index contributed by atoms with van der Waals surface area (Å²) in [4.78, 5) is 8.96. The van der Waals surface area contributed by atoms with E-state index in [1.165, 1.54) is 25.7 Å². The van der Waals surface area contributed by atoms with Gasteiger partial charge >= 0.3 is 0 Å². The third-order valence-corrected chi connectivity index (χ3v) is 4.30. The largest absolute Gasteiger partial charge is 0.373 e. The predicted molar refractivity (Wildman–Crippen MR) is 73.8 cm³/mol. The first-order valence-electron chi connectivity index (χ1n) is 7.05. The van der Waals surface area contributed by atoms with Crippen molar-refractivity contribution in [2.75, 3.05) is 24.2 Å². The molecule has 98 valence electrons. The highest BCUT2D eigenvalue weighted by atomic mass is 15.1. The van der Waals surface area contributed by atoms with E-state index in [2.05, 4.69) is 27.5 Å². The Labute approximate surface area is 109 Å². The highest BCUT2D eigenvalue weighted by Crippen LogP contribution is 2.61. The van der Waals surface area contributed by atoms with Crippen LogP contribution < -0.4 is 10.6 Å².